The molecule has 1 rings (SSSR count). The van der Waals surface area contributed by atoms with Crippen LogP contribution in [0.15, 0.2) is 0 Å². The van der Waals surface area contributed by atoms with Crippen molar-refractivity contribution in [1.29, 1.82) is 0 Å². The first-order chi connectivity index (χ1) is 8.41. The lowest BCUT2D eigenvalue weighted by molar-refractivity contribution is 0.245. The lowest BCUT2D eigenvalue weighted by Crippen LogP contribution is -2.23. The normalized spacial score (nSPS) is 11.3. The highest BCUT2D eigenvalue weighted by Gasteiger charge is 2.17. The van der Waals surface area contributed by atoms with Crippen LogP contribution in [0.25, 0.3) is 0 Å². The molecule has 0 aliphatic rings. The van der Waals surface area contributed by atoms with Crippen LogP contribution in [0.4, 0.5) is 10.8 Å². The fourth-order valence-corrected chi connectivity index (χ4v) is 2.33. The van der Waals surface area contributed by atoms with Gasteiger partial charge in [-0.1, -0.05) is 0 Å². The summed E-state index contributed by atoms with van der Waals surface area (Å²) in [4.78, 5) is 4.34. The number of nitrogens with two attached hydrogens (primary N) is 1. The average molecular weight is 272 g/mol. The fraction of sp³-hybridized carbons (Fsp3) is 0.750. The topological polar surface area (TPSA) is 54.6 Å². The van der Waals surface area contributed by atoms with E-state index in [2.05, 4.69) is 35.3 Å². The zero-order chi connectivity index (χ0) is 13.7. The molecule has 0 saturated carbocycles. The Morgan fingerprint density at radius 2 is 1.94 bits per heavy atom. The lowest BCUT2D eigenvalue weighted by Gasteiger charge is -2.20. The largest absolute Gasteiger partial charge is 0.484 e. The lowest BCUT2D eigenvalue weighted by atomic mass is 10.3. The van der Waals surface area contributed by atoms with E-state index in [1.807, 2.05) is 13.8 Å². The van der Waals surface area contributed by atoms with Gasteiger partial charge in [-0.2, -0.15) is 4.37 Å². The third-order valence-corrected chi connectivity index (χ3v) is 3.41. The number of nitrogen functional groups attached to an aromatic ring is 1. The van der Waals surface area contributed by atoms with Crippen LogP contribution >= 0.6 is 11.5 Å². The molecule has 0 atom stereocenters. The summed E-state index contributed by atoms with van der Waals surface area (Å²) in [6.07, 6.45) is 1.21. The molecule has 2 N–H and O–H groups in total. The molecule has 1 heterocycles. The standard InChI is InChI=1S/C12H24N4OS/c1-9(2)17-10-11(13)14-18-12(10)16(5)8-6-7-15(3)4/h9H,6-8H2,1-5H3,(H2,13,14). The van der Waals surface area contributed by atoms with E-state index in [-0.39, 0.29) is 6.10 Å². The van der Waals surface area contributed by atoms with Crippen LogP contribution in [0.3, 0.4) is 0 Å². The molecule has 0 aromatic carbocycles. The molecule has 0 aliphatic heterocycles. The molecule has 0 fully saturated rings. The van der Waals surface area contributed by atoms with Crippen LogP contribution in [-0.2, 0) is 0 Å². The van der Waals surface area contributed by atoms with Gasteiger partial charge in [-0.15, -0.1) is 0 Å². The first-order valence-electron chi connectivity index (χ1n) is 6.19. The molecule has 1 aromatic rings. The number of anilines is 2. The maximum Gasteiger partial charge on any atom is 0.198 e. The molecule has 5 nitrogen and oxygen atoms in total. The first-order valence-corrected chi connectivity index (χ1v) is 6.96. The summed E-state index contributed by atoms with van der Waals surface area (Å²) in [7, 11) is 6.21. The molecule has 6 heteroatoms. The molecule has 1 aromatic heterocycles. The van der Waals surface area contributed by atoms with E-state index in [1.54, 1.807) is 0 Å². The summed E-state index contributed by atoms with van der Waals surface area (Å²) in [6, 6.07) is 0. The van der Waals surface area contributed by atoms with Crippen molar-refractivity contribution in [2.45, 2.75) is 26.4 Å². The Kier molecular flexibility index (Phi) is 5.68. The molecule has 0 radical (unpaired) electrons. The quantitative estimate of drug-likeness (QED) is 0.821. The minimum absolute atomic E-state index is 0.109. The summed E-state index contributed by atoms with van der Waals surface area (Å²) in [5.41, 5.74) is 5.84. The van der Waals surface area contributed by atoms with Gasteiger partial charge in [-0.25, -0.2) is 0 Å². The molecule has 0 unspecified atom stereocenters. The number of ether oxygens (including phenoxy) is 1. The van der Waals surface area contributed by atoms with E-state index < -0.39 is 0 Å². The maximum absolute atomic E-state index is 5.84. The minimum Gasteiger partial charge on any atom is -0.484 e. The Morgan fingerprint density at radius 1 is 1.28 bits per heavy atom. The molecule has 0 amide bonds. The van der Waals surface area contributed by atoms with Gasteiger partial charge in [0.25, 0.3) is 0 Å². The van der Waals surface area contributed by atoms with Crippen molar-refractivity contribution < 1.29 is 4.74 Å². The SMILES string of the molecule is CC(C)Oc1c(N)nsc1N(C)CCCN(C)C. The third kappa shape index (κ3) is 4.34. The zero-order valence-corrected chi connectivity index (χ0v) is 12.8. The molecule has 104 valence electrons. The molecule has 18 heavy (non-hydrogen) atoms. The smallest absolute Gasteiger partial charge is 0.198 e. The van der Waals surface area contributed by atoms with Gasteiger partial charge in [-0.05, 0) is 52.4 Å². The van der Waals surface area contributed by atoms with Gasteiger partial charge < -0.3 is 20.3 Å². The third-order valence-electron chi connectivity index (χ3n) is 2.46. The Labute approximate surface area is 114 Å². The van der Waals surface area contributed by atoms with Crippen LogP contribution in [0.2, 0.25) is 0 Å². The number of hydrogen-bond donors (Lipinski definition) is 1. The highest BCUT2D eigenvalue weighted by atomic mass is 32.1. The van der Waals surface area contributed by atoms with Crippen molar-refractivity contribution in [2.75, 3.05) is 44.9 Å². The van der Waals surface area contributed by atoms with E-state index in [4.69, 9.17) is 10.5 Å². The van der Waals surface area contributed by atoms with Crippen LogP contribution in [0, 0.1) is 0 Å². The number of hydrogen-bond acceptors (Lipinski definition) is 6. The van der Waals surface area contributed by atoms with Gasteiger partial charge in [-0.3, -0.25) is 0 Å². The van der Waals surface area contributed by atoms with Gasteiger partial charge in [0.05, 0.1) is 6.10 Å². The minimum atomic E-state index is 0.109. The zero-order valence-electron chi connectivity index (χ0n) is 11.9. The maximum atomic E-state index is 5.84. The van der Waals surface area contributed by atoms with Gasteiger partial charge in [0.2, 0.25) is 0 Å². The van der Waals surface area contributed by atoms with E-state index in [9.17, 15) is 0 Å². The average Bonchev–Trinajstić information content (AvgIpc) is 2.59. The number of rotatable bonds is 7. The van der Waals surface area contributed by atoms with Crippen LogP contribution in [0.5, 0.6) is 5.75 Å². The van der Waals surface area contributed by atoms with Gasteiger partial charge >= 0.3 is 0 Å². The molecule has 0 spiro atoms. The van der Waals surface area contributed by atoms with Gasteiger partial charge in [0, 0.05) is 13.6 Å². The molecule has 0 saturated heterocycles. The summed E-state index contributed by atoms with van der Waals surface area (Å²) in [5.74, 6) is 1.21. The fourth-order valence-electron chi connectivity index (χ4n) is 1.60. The molecule has 0 bridgehead atoms. The van der Waals surface area contributed by atoms with Crippen LogP contribution < -0.4 is 15.4 Å². The second-order valence-corrected chi connectivity index (χ2v) is 5.70. The van der Waals surface area contributed by atoms with Crippen molar-refractivity contribution in [2.24, 2.45) is 0 Å². The Hall–Kier alpha value is -1.01. The predicted octanol–water partition coefficient (Wildman–Crippen LogP) is 1.90. The Morgan fingerprint density at radius 3 is 2.50 bits per heavy atom. The molecule has 0 aliphatic carbocycles. The van der Waals surface area contributed by atoms with Crippen LogP contribution in [0.1, 0.15) is 20.3 Å². The van der Waals surface area contributed by atoms with Gasteiger partial charge in [0.15, 0.2) is 16.6 Å². The second kappa shape index (κ2) is 6.80. The first kappa shape index (κ1) is 15.0. The van der Waals surface area contributed by atoms with Crippen LogP contribution in [-0.4, -0.2) is 49.6 Å². The monoisotopic (exact) mass is 272 g/mol. The summed E-state index contributed by atoms with van der Waals surface area (Å²) < 4.78 is 9.91. The van der Waals surface area contributed by atoms with Crippen molar-refractivity contribution in [3.05, 3.63) is 0 Å². The van der Waals surface area contributed by atoms with E-state index in [0.29, 0.717) is 5.82 Å². The van der Waals surface area contributed by atoms with Crippen molar-refractivity contribution >= 4 is 22.4 Å². The van der Waals surface area contributed by atoms with Crippen molar-refractivity contribution in [3.63, 3.8) is 0 Å². The summed E-state index contributed by atoms with van der Waals surface area (Å²) >= 11 is 1.40. The van der Waals surface area contributed by atoms with Crippen molar-refractivity contribution in [1.82, 2.24) is 9.27 Å². The molecular formula is C12H24N4OS. The highest BCUT2D eigenvalue weighted by molar-refractivity contribution is 7.11. The predicted molar refractivity (Wildman–Crippen MR) is 78.7 cm³/mol. The number of aromatic nitrogens is 1. The van der Waals surface area contributed by atoms with Crippen molar-refractivity contribution in [3.8, 4) is 5.75 Å². The summed E-state index contributed by atoms with van der Waals surface area (Å²) in [5, 5.41) is 1.01. The van der Waals surface area contributed by atoms with E-state index >= 15 is 0 Å². The number of nitrogens with zero attached hydrogens (tertiary/aromatic N) is 3. The van der Waals surface area contributed by atoms with E-state index in [1.165, 1.54) is 11.5 Å². The van der Waals surface area contributed by atoms with Gasteiger partial charge in [0.1, 0.15) is 0 Å². The Bertz CT molecular complexity index is 365. The summed E-state index contributed by atoms with van der Waals surface area (Å²) in [6.45, 7) is 6.02. The molecular weight excluding hydrogens is 248 g/mol. The highest BCUT2D eigenvalue weighted by Crippen LogP contribution is 2.38. The van der Waals surface area contributed by atoms with E-state index in [0.717, 1.165) is 30.3 Å². The second-order valence-electron chi connectivity index (χ2n) is 4.95. The Balaban J connectivity index is 2.64.